The first-order valence-corrected chi connectivity index (χ1v) is 9.50. The molecular formula is C21H22N4O2. The van der Waals surface area contributed by atoms with Gasteiger partial charge in [0.05, 0.1) is 18.2 Å². The monoisotopic (exact) mass is 362 g/mol. The number of amides is 1. The predicted molar refractivity (Wildman–Crippen MR) is 102 cm³/mol. The van der Waals surface area contributed by atoms with Gasteiger partial charge in [0, 0.05) is 25.3 Å². The van der Waals surface area contributed by atoms with Gasteiger partial charge in [0.1, 0.15) is 5.52 Å². The molecule has 0 unspecified atom stereocenters. The van der Waals surface area contributed by atoms with E-state index < -0.39 is 0 Å². The molecule has 3 aliphatic rings. The number of carbonyl (C=O) groups is 1. The number of rotatable bonds is 3. The molecule has 1 amide bonds. The summed E-state index contributed by atoms with van der Waals surface area (Å²) in [6.07, 6.45) is 3.72. The van der Waals surface area contributed by atoms with Crippen molar-refractivity contribution >= 4 is 23.0 Å². The number of nitrogens with zero attached hydrogens (tertiary/aromatic N) is 4. The van der Waals surface area contributed by atoms with E-state index in [0.717, 1.165) is 41.7 Å². The van der Waals surface area contributed by atoms with Gasteiger partial charge in [0.2, 0.25) is 5.91 Å². The first kappa shape index (κ1) is 16.3. The van der Waals surface area contributed by atoms with E-state index in [-0.39, 0.29) is 17.9 Å². The number of benzene rings is 1. The van der Waals surface area contributed by atoms with E-state index in [1.807, 2.05) is 48.2 Å². The van der Waals surface area contributed by atoms with Crippen molar-refractivity contribution < 1.29 is 9.21 Å². The number of hydrogen-bond acceptors (Lipinski definition) is 5. The van der Waals surface area contributed by atoms with Crippen LogP contribution < -0.4 is 4.90 Å². The van der Waals surface area contributed by atoms with Crippen LogP contribution in [0.2, 0.25) is 0 Å². The van der Waals surface area contributed by atoms with E-state index >= 15 is 0 Å². The minimum Gasteiger partial charge on any atom is -0.423 e. The standard InChI is InChI=1S/C21H22N4O2/c1-14-5-8-19-18(10-14)23-21(27-19)24-11-15-6-7-17(13-24)25(20(15)26)12-16-4-2-3-9-22-16/h2-5,8-10,15,17H,6-7,11-13H2,1H3/t15-,17+/m1/s1. The Hall–Kier alpha value is -2.89. The number of fused-ring (bicyclic) bond motifs is 5. The van der Waals surface area contributed by atoms with Gasteiger partial charge >= 0.3 is 0 Å². The molecule has 138 valence electrons. The first-order chi connectivity index (χ1) is 13.2. The molecular weight excluding hydrogens is 340 g/mol. The van der Waals surface area contributed by atoms with E-state index in [1.165, 1.54) is 0 Å². The van der Waals surface area contributed by atoms with E-state index in [0.29, 0.717) is 19.1 Å². The second-order valence-corrected chi connectivity index (χ2v) is 7.59. The van der Waals surface area contributed by atoms with Crippen molar-refractivity contribution in [2.75, 3.05) is 18.0 Å². The molecule has 2 aromatic heterocycles. The van der Waals surface area contributed by atoms with Gasteiger partial charge in [-0.3, -0.25) is 9.78 Å². The van der Waals surface area contributed by atoms with E-state index in [2.05, 4.69) is 14.9 Å². The van der Waals surface area contributed by atoms with Crippen molar-refractivity contribution in [3.05, 3.63) is 53.9 Å². The second-order valence-electron chi connectivity index (χ2n) is 7.59. The quantitative estimate of drug-likeness (QED) is 0.716. The van der Waals surface area contributed by atoms with Gasteiger partial charge < -0.3 is 14.2 Å². The largest absolute Gasteiger partial charge is 0.423 e. The number of piperidine rings is 1. The highest BCUT2D eigenvalue weighted by atomic mass is 16.4. The van der Waals surface area contributed by atoms with Gasteiger partial charge in [0.15, 0.2) is 5.58 Å². The zero-order valence-corrected chi connectivity index (χ0v) is 15.3. The van der Waals surface area contributed by atoms with Crippen molar-refractivity contribution in [3.8, 4) is 0 Å². The van der Waals surface area contributed by atoms with Crippen molar-refractivity contribution in [1.82, 2.24) is 14.9 Å². The Morgan fingerprint density at radius 2 is 2.11 bits per heavy atom. The molecule has 3 saturated heterocycles. The average Bonchev–Trinajstić information content (AvgIpc) is 2.90. The molecule has 6 heteroatoms. The Balaban J connectivity index is 1.43. The van der Waals surface area contributed by atoms with Crippen LogP contribution in [0.5, 0.6) is 0 Å². The SMILES string of the molecule is Cc1ccc2oc(N3C[C@H]4CC[C@@H](C3)N(Cc3ccccn3)C4=O)nc2c1. The van der Waals surface area contributed by atoms with Crippen LogP contribution in [0.15, 0.2) is 47.0 Å². The van der Waals surface area contributed by atoms with Gasteiger partial charge in [0.25, 0.3) is 6.01 Å². The maximum absolute atomic E-state index is 13.0. The Morgan fingerprint density at radius 1 is 1.19 bits per heavy atom. The number of anilines is 1. The summed E-state index contributed by atoms with van der Waals surface area (Å²) in [6, 6.07) is 12.7. The maximum Gasteiger partial charge on any atom is 0.298 e. The summed E-state index contributed by atoms with van der Waals surface area (Å²) in [5, 5.41) is 0. The Morgan fingerprint density at radius 3 is 2.96 bits per heavy atom. The van der Waals surface area contributed by atoms with Crippen molar-refractivity contribution in [2.24, 2.45) is 5.92 Å². The number of hydrogen-bond donors (Lipinski definition) is 0. The van der Waals surface area contributed by atoms with Crippen LogP contribution in [-0.2, 0) is 11.3 Å². The lowest BCUT2D eigenvalue weighted by Gasteiger charge is -2.35. The van der Waals surface area contributed by atoms with Gasteiger partial charge in [-0.15, -0.1) is 0 Å². The molecule has 6 nitrogen and oxygen atoms in total. The third-order valence-corrected chi connectivity index (χ3v) is 5.65. The number of aromatic nitrogens is 2. The fraction of sp³-hybridized carbons (Fsp3) is 0.381. The Labute approximate surface area is 157 Å². The molecule has 3 fully saturated rings. The third-order valence-electron chi connectivity index (χ3n) is 5.65. The first-order valence-electron chi connectivity index (χ1n) is 9.50. The second kappa shape index (κ2) is 6.37. The summed E-state index contributed by atoms with van der Waals surface area (Å²) in [4.78, 5) is 26.3. The molecule has 5 heterocycles. The molecule has 0 aliphatic carbocycles. The number of pyridine rings is 1. The molecule has 0 N–H and O–H groups in total. The van der Waals surface area contributed by atoms with Crippen molar-refractivity contribution in [3.63, 3.8) is 0 Å². The topological polar surface area (TPSA) is 62.5 Å². The summed E-state index contributed by atoms with van der Waals surface area (Å²) in [5.74, 6) is 0.218. The number of carbonyl (C=O) groups excluding carboxylic acids is 1. The number of oxazole rings is 1. The minimum atomic E-state index is -0.00999. The summed E-state index contributed by atoms with van der Waals surface area (Å²) in [6.45, 7) is 4.04. The summed E-state index contributed by atoms with van der Waals surface area (Å²) in [5.41, 5.74) is 3.76. The van der Waals surface area contributed by atoms with E-state index in [4.69, 9.17) is 4.42 Å². The lowest BCUT2D eigenvalue weighted by Crippen LogP contribution is -2.47. The maximum atomic E-state index is 13.0. The van der Waals surface area contributed by atoms with E-state index in [9.17, 15) is 4.79 Å². The molecule has 2 bridgehead atoms. The van der Waals surface area contributed by atoms with E-state index in [1.54, 1.807) is 6.20 Å². The van der Waals surface area contributed by atoms with Crippen LogP contribution in [0.25, 0.3) is 11.1 Å². The molecule has 1 aromatic carbocycles. The molecule has 0 saturated carbocycles. The van der Waals surface area contributed by atoms with Gasteiger partial charge in [-0.2, -0.15) is 4.98 Å². The van der Waals surface area contributed by atoms with Gasteiger partial charge in [-0.1, -0.05) is 12.1 Å². The van der Waals surface area contributed by atoms with Crippen LogP contribution in [-0.4, -0.2) is 39.9 Å². The predicted octanol–water partition coefficient (Wildman–Crippen LogP) is 3.16. The highest BCUT2D eigenvalue weighted by Gasteiger charge is 2.41. The molecule has 0 spiro atoms. The van der Waals surface area contributed by atoms with Crippen LogP contribution >= 0.6 is 0 Å². The lowest BCUT2D eigenvalue weighted by atomic mass is 9.94. The average molecular weight is 362 g/mol. The summed E-state index contributed by atoms with van der Waals surface area (Å²) >= 11 is 0. The van der Waals surface area contributed by atoms with Crippen LogP contribution in [0.3, 0.4) is 0 Å². The molecule has 27 heavy (non-hydrogen) atoms. The van der Waals surface area contributed by atoms with Crippen LogP contribution in [0.1, 0.15) is 24.1 Å². The number of aryl methyl sites for hydroxylation is 1. The Kier molecular flexibility index (Phi) is 3.85. The highest BCUT2D eigenvalue weighted by Crippen LogP contribution is 2.33. The summed E-state index contributed by atoms with van der Waals surface area (Å²) < 4.78 is 6.00. The molecule has 3 aliphatic heterocycles. The minimum absolute atomic E-state index is 0.00999. The summed E-state index contributed by atoms with van der Waals surface area (Å²) in [7, 11) is 0. The Bertz CT molecular complexity index is 984. The zero-order valence-electron chi connectivity index (χ0n) is 15.3. The van der Waals surface area contributed by atoms with Gasteiger partial charge in [-0.05, 0) is 49.6 Å². The normalized spacial score (nSPS) is 22.5. The van der Waals surface area contributed by atoms with Crippen molar-refractivity contribution in [1.29, 1.82) is 0 Å². The molecule has 3 aromatic rings. The van der Waals surface area contributed by atoms with Crippen LogP contribution in [0.4, 0.5) is 6.01 Å². The molecule has 6 rings (SSSR count). The molecule has 2 atom stereocenters. The highest BCUT2D eigenvalue weighted by molar-refractivity contribution is 5.81. The smallest absolute Gasteiger partial charge is 0.298 e. The lowest BCUT2D eigenvalue weighted by molar-refractivity contribution is -0.140. The van der Waals surface area contributed by atoms with Crippen molar-refractivity contribution in [2.45, 2.75) is 32.4 Å². The van der Waals surface area contributed by atoms with Gasteiger partial charge in [-0.25, -0.2) is 0 Å². The zero-order chi connectivity index (χ0) is 18.4. The molecule has 0 radical (unpaired) electrons. The van der Waals surface area contributed by atoms with Crippen LogP contribution in [0, 0.1) is 12.8 Å². The fourth-order valence-electron chi connectivity index (χ4n) is 4.23. The third kappa shape index (κ3) is 2.95. The fourth-order valence-corrected chi connectivity index (χ4v) is 4.23.